The van der Waals surface area contributed by atoms with Crippen molar-refractivity contribution in [2.75, 3.05) is 6.61 Å². The summed E-state index contributed by atoms with van der Waals surface area (Å²) in [5, 5.41) is 12.5. The number of fused-ring (bicyclic) bond motifs is 1. The molecule has 0 saturated heterocycles. The number of hydrogen-bond acceptors (Lipinski definition) is 4. The fourth-order valence-electron chi connectivity index (χ4n) is 3.51. The zero-order valence-electron chi connectivity index (χ0n) is 18.2. The first-order chi connectivity index (χ1) is 16.0. The van der Waals surface area contributed by atoms with Crippen molar-refractivity contribution in [1.82, 2.24) is 4.98 Å². The number of halogens is 1. The van der Waals surface area contributed by atoms with E-state index in [4.69, 9.17) is 16.3 Å². The van der Waals surface area contributed by atoms with Gasteiger partial charge >= 0.3 is 5.97 Å². The second-order valence-electron chi connectivity index (χ2n) is 7.96. The zero-order chi connectivity index (χ0) is 23.2. The molecule has 0 fully saturated rings. The van der Waals surface area contributed by atoms with Gasteiger partial charge < -0.3 is 9.84 Å². The lowest BCUT2D eigenvalue weighted by molar-refractivity contribution is 0.0263. The van der Waals surface area contributed by atoms with Crippen molar-refractivity contribution in [1.29, 1.82) is 0 Å². The van der Waals surface area contributed by atoms with Gasteiger partial charge in [-0.2, -0.15) is 0 Å². The highest BCUT2D eigenvalue weighted by Gasteiger charge is 2.19. The third kappa shape index (κ3) is 5.86. The van der Waals surface area contributed by atoms with Gasteiger partial charge in [0.1, 0.15) is 0 Å². The number of aromatic nitrogens is 1. The molecule has 2 atom stereocenters. The lowest BCUT2D eigenvalue weighted by Crippen LogP contribution is -2.18. The summed E-state index contributed by atoms with van der Waals surface area (Å²) in [4.78, 5) is 16.8. The van der Waals surface area contributed by atoms with Gasteiger partial charge in [-0.3, -0.25) is 0 Å². The number of hydrogen-bond donors (Lipinski definition) is 1. The van der Waals surface area contributed by atoms with Gasteiger partial charge in [-0.25, -0.2) is 9.78 Å². The summed E-state index contributed by atoms with van der Waals surface area (Å²) in [6.45, 7) is 1.98. The van der Waals surface area contributed by atoms with Crippen LogP contribution in [0.15, 0.2) is 84.9 Å². The van der Waals surface area contributed by atoms with Crippen molar-refractivity contribution in [3.63, 3.8) is 0 Å². The second-order valence-corrected chi connectivity index (χ2v) is 8.40. The summed E-state index contributed by atoms with van der Waals surface area (Å²) in [6, 6.07) is 26.1. The molecule has 0 radical (unpaired) electrons. The van der Waals surface area contributed by atoms with Crippen LogP contribution in [0.25, 0.3) is 23.1 Å². The summed E-state index contributed by atoms with van der Waals surface area (Å²) in [5.74, 6) is -0.653. The topological polar surface area (TPSA) is 59.4 Å². The van der Waals surface area contributed by atoms with Gasteiger partial charge in [0, 0.05) is 16.3 Å². The molecule has 4 rings (SSSR count). The molecule has 0 aliphatic rings. The number of nitrogens with zero attached hydrogens (tertiary/aromatic N) is 1. The Hall–Kier alpha value is -3.47. The summed E-state index contributed by atoms with van der Waals surface area (Å²) in [5.41, 5.74) is 3.85. The molecule has 1 heterocycles. The third-order valence-electron chi connectivity index (χ3n) is 5.40. The lowest BCUT2D eigenvalue weighted by Gasteiger charge is -2.19. The largest absolute Gasteiger partial charge is 0.462 e. The lowest BCUT2D eigenvalue weighted by atomic mass is 9.96. The Morgan fingerprint density at radius 1 is 1.00 bits per heavy atom. The summed E-state index contributed by atoms with van der Waals surface area (Å²) < 4.78 is 5.38. The number of benzene rings is 3. The van der Waals surface area contributed by atoms with Gasteiger partial charge in [-0.15, -0.1) is 0 Å². The number of aliphatic hydroxyl groups is 1. The number of pyridine rings is 1. The average Bonchev–Trinajstić information content (AvgIpc) is 2.85. The first-order valence-electron chi connectivity index (χ1n) is 10.7. The molecule has 5 heteroatoms. The molecule has 0 aliphatic heterocycles. The first-order valence-corrected chi connectivity index (χ1v) is 11.1. The molecule has 4 nitrogen and oxygen atoms in total. The molecule has 166 valence electrons. The quantitative estimate of drug-likeness (QED) is 0.318. The molecule has 0 spiro atoms. The Balaban J connectivity index is 1.42. The van der Waals surface area contributed by atoms with E-state index in [0.29, 0.717) is 10.6 Å². The normalized spacial score (nSPS) is 13.2. The van der Waals surface area contributed by atoms with Crippen LogP contribution in [0.1, 0.15) is 40.2 Å². The molecule has 0 saturated carbocycles. The minimum absolute atomic E-state index is 0.124. The van der Waals surface area contributed by atoms with Gasteiger partial charge in [0.25, 0.3) is 0 Å². The molecule has 0 aliphatic carbocycles. The van der Waals surface area contributed by atoms with Crippen molar-refractivity contribution < 1.29 is 14.6 Å². The number of aliphatic hydroxyl groups excluding tert-OH is 1. The van der Waals surface area contributed by atoms with Gasteiger partial charge in [-0.1, -0.05) is 73.1 Å². The molecule has 3 aromatic carbocycles. The summed E-state index contributed by atoms with van der Waals surface area (Å²) >= 11 is 6.08. The van der Waals surface area contributed by atoms with Crippen LogP contribution in [-0.4, -0.2) is 22.7 Å². The molecule has 33 heavy (non-hydrogen) atoms. The predicted octanol–water partition coefficient (Wildman–Crippen LogP) is 6.59. The van der Waals surface area contributed by atoms with Crippen molar-refractivity contribution >= 4 is 40.6 Å². The van der Waals surface area contributed by atoms with E-state index < -0.39 is 12.1 Å². The molecule has 4 aromatic rings. The van der Waals surface area contributed by atoms with Gasteiger partial charge in [0.2, 0.25) is 0 Å². The predicted molar refractivity (Wildman–Crippen MR) is 133 cm³/mol. The van der Waals surface area contributed by atoms with Crippen molar-refractivity contribution in [2.24, 2.45) is 5.92 Å². The molecule has 1 aromatic heterocycles. The average molecular weight is 458 g/mol. The molecular weight excluding hydrogens is 434 g/mol. The maximum atomic E-state index is 12.2. The smallest absolute Gasteiger partial charge is 0.338 e. The fraction of sp³-hybridized carbons (Fsp3) is 0.143. The number of carbonyl (C=O) groups is 1. The number of rotatable bonds is 7. The molecule has 0 amide bonds. The monoisotopic (exact) mass is 457 g/mol. The number of ether oxygens (including phenoxy) is 1. The zero-order valence-corrected chi connectivity index (χ0v) is 18.9. The van der Waals surface area contributed by atoms with Gasteiger partial charge in [0.15, 0.2) is 0 Å². The Labute approximate surface area is 198 Å². The number of esters is 1. The SMILES string of the molecule is CC(COC(=O)c1ccccc1)[C@H](O)c1cccc(C=Cc2ccc3ccc(Cl)cc3n2)c1. The van der Waals surface area contributed by atoms with Crippen LogP contribution in [-0.2, 0) is 4.74 Å². The van der Waals surface area contributed by atoms with Crippen LogP contribution < -0.4 is 0 Å². The highest BCUT2D eigenvalue weighted by atomic mass is 35.5. The molecule has 1 unspecified atom stereocenters. The standard InChI is InChI=1S/C28H24ClNO3/c1-19(18-33-28(32)22-7-3-2-4-8-22)27(31)23-9-5-6-20(16-23)10-14-25-15-12-21-11-13-24(29)17-26(21)30-25/h2-17,19,27,31H,18H2,1H3/t19?,27-/m0/s1. The summed E-state index contributed by atoms with van der Waals surface area (Å²) in [7, 11) is 0. The van der Waals surface area contributed by atoms with E-state index in [0.717, 1.165) is 27.7 Å². The van der Waals surface area contributed by atoms with Crippen molar-refractivity contribution in [2.45, 2.75) is 13.0 Å². The van der Waals surface area contributed by atoms with E-state index in [1.807, 2.05) is 79.7 Å². The molecule has 1 N–H and O–H groups in total. The van der Waals surface area contributed by atoms with Crippen molar-refractivity contribution in [3.8, 4) is 0 Å². The van der Waals surface area contributed by atoms with Gasteiger partial charge in [-0.05, 0) is 53.6 Å². The molecular formula is C28H24ClNO3. The first kappa shape index (κ1) is 22.7. The van der Waals surface area contributed by atoms with Crippen LogP contribution in [0.5, 0.6) is 0 Å². The van der Waals surface area contributed by atoms with E-state index >= 15 is 0 Å². The Kier molecular flexibility index (Phi) is 7.18. The van der Waals surface area contributed by atoms with Crippen molar-refractivity contribution in [3.05, 3.63) is 112 Å². The Morgan fingerprint density at radius 2 is 1.79 bits per heavy atom. The highest BCUT2D eigenvalue weighted by molar-refractivity contribution is 6.31. The van der Waals surface area contributed by atoms with Crippen LogP contribution in [0, 0.1) is 5.92 Å². The van der Waals surface area contributed by atoms with E-state index in [1.54, 1.807) is 24.3 Å². The maximum absolute atomic E-state index is 12.2. The van der Waals surface area contributed by atoms with Crippen LogP contribution in [0.3, 0.4) is 0 Å². The second kappa shape index (κ2) is 10.4. The number of carbonyl (C=O) groups excluding carboxylic acids is 1. The Morgan fingerprint density at radius 3 is 2.61 bits per heavy atom. The van der Waals surface area contributed by atoms with Crippen LogP contribution in [0.4, 0.5) is 0 Å². The van der Waals surface area contributed by atoms with E-state index in [-0.39, 0.29) is 12.5 Å². The third-order valence-corrected chi connectivity index (χ3v) is 5.64. The minimum atomic E-state index is -0.761. The van der Waals surface area contributed by atoms with E-state index in [1.165, 1.54) is 0 Å². The fourth-order valence-corrected chi connectivity index (χ4v) is 3.68. The molecule has 0 bridgehead atoms. The Bertz CT molecular complexity index is 1290. The maximum Gasteiger partial charge on any atom is 0.338 e. The minimum Gasteiger partial charge on any atom is -0.462 e. The summed E-state index contributed by atoms with van der Waals surface area (Å²) in [6.07, 6.45) is 3.12. The van der Waals surface area contributed by atoms with Crippen LogP contribution >= 0.6 is 11.6 Å². The van der Waals surface area contributed by atoms with Crippen LogP contribution in [0.2, 0.25) is 5.02 Å². The highest BCUT2D eigenvalue weighted by Crippen LogP contribution is 2.24. The van der Waals surface area contributed by atoms with E-state index in [9.17, 15) is 9.90 Å². The van der Waals surface area contributed by atoms with E-state index in [2.05, 4.69) is 4.98 Å². The van der Waals surface area contributed by atoms with Gasteiger partial charge in [0.05, 0.1) is 29.5 Å².